The molecule has 2 aromatic rings. The van der Waals surface area contributed by atoms with Gasteiger partial charge in [-0.25, -0.2) is 9.67 Å². The first-order chi connectivity index (χ1) is 11.2. The number of nitrogens with one attached hydrogen (secondary N) is 1. The highest BCUT2D eigenvalue weighted by Crippen LogP contribution is 2.38. The lowest BCUT2D eigenvalue weighted by molar-refractivity contribution is 0.182. The second-order valence-corrected chi connectivity index (χ2v) is 6.22. The third kappa shape index (κ3) is 2.96. The van der Waals surface area contributed by atoms with Gasteiger partial charge in [-0.2, -0.15) is 5.10 Å². The Morgan fingerprint density at radius 2 is 2.13 bits per heavy atom. The van der Waals surface area contributed by atoms with Gasteiger partial charge < -0.3 is 10.1 Å². The molecule has 0 aromatic carbocycles. The molecule has 2 atom stereocenters. The van der Waals surface area contributed by atoms with E-state index in [-0.39, 0.29) is 17.6 Å². The fourth-order valence-corrected chi connectivity index (χ4v) is 2.92. The molecule has 7 nitrogen and oxygen atoms in total. The van der Waals surface area contributed by atoms with E-state index in [4.69, 9.17) is 4.74 Å². The molecule has 4 rings (SSSR count). The number of aromatic nitrogens is 4. The van der Waals surface area contributed by atoms with Crippen molar-refractivity contribution in [2.45, 2.75) is 37.8 Å². The third-order valence-electron chi connectivity index (χ3n) is 4.29. The van der Waals surface area contributed by atoms with Gasteiger partial charge in [0.05, 0.1) is 36.8 Å². The van der Waals surface area contributed by atoms with E-state index in [1.165, 1.54) is 0 Å². The van der Waals surface area contributed by atoms with Crippen molar-refractivity contribution in [3.63, 3.8) is 0 Å². The smallest absolute Gasteiger partial charge is 0.267 e. The molecule has 23 heavy (non-hydrogen) atoms. The summed E-state index contributed by atoms with van der Waals surface area (Å²) in [4.78, 5) is 20.8. The van der Waals surface area contributed by atoms with Gasteiger partial charge in [-0.1, -0.05) is 0 Å². The molecule has 1 N–H and O–H groups in total. The van der Waals surface area contributed by atoms with E-state index in [9.17, 15) is 4.79 Å². The topological polar surface area (TPSA) is 81.9 Å². The average molecular weight is 313 g/mol. The fraction of sp³-hybridized carbons (Fsp3) is 0.500. The van der Waals surface area contributed by atoms with E-state index in [0.717, 1.165) is 24.2 Å². The first kappa shape index (κ1) is 14.3. The predicted octanol–water partition coefficient (Wildman–Crippen LogP) is 1.27. The van der Waals surface area contributed by atoms with Gasteiger partial charge in [-0.05, 0) is 25.8 Å². The highest BCUT2D eigenvalue weighted by Gasteiger charge is 2.33. The summed E-state index contributed by atoms with van der Waals surface area (Å²) in [6, 6.07) is 3.28. The van der Waals surface area contributed by atoms with Crippen LogP contribution in [-0.4, -0.2) is 39.0 Å². The number of aryl methyl sites for hydroxylation is 1. The van der Waals surface area contributed by atoms with E-state index in [2.05, 4.69) is 20.4 Å². The Morgan fingerprint density at radius 3 is 2.91 bits per heavy atom. The Bertz CT molecular complexity index is 771. The number of hydrogen-bond acceptors (Lipinski definition) is 6. The molecule has 1 saturated carbocycles. The van der Waals surface area contributed by atoms with Crippen LogP contribution in [0.2, 0.25) is 0 Å². The minimum absolute atomic E-state index is 0.0502. The van der Waals surface area contributed by atoms with E-state index in [1.807, 2.05) is 13.0 Å². The fourth-order valence-electron chi connectivity index (χ4n) is 2.92. The Labute approximate surface area is 133 Å². The quantitative estimate of drug-likeness (QED) is 0.915. The Kier molecular flexibility index (Phi) is 3.57. The molecule has 2 aliphatic rings. The highest BCUT2D eigenvalue weighted by molar-refractivity contribution is 5.34. The zero-order valence-corrected chi connectivity index (χ0v) is 13.0. The molecule has 1 aliphatic carbocycles. The van der Waals surface area contributed by atoms with Gasteiger partial charge in [0.25, 0.3) is 5.56 Å². The molecule has 120 valence electrons. The van der Waals surface area contributed by atoms with Crippen molar-refractivity contribution in [1.82, 2.24) is 19.7 Å². The van der Waals surface area contributed by atoms with Crippen LogP contribution in [0.1, 0.15) is 36.2 Å². The lowest BCUT2D eigenvalue weighted by atomic mass is 10.1. The lowest BCUT2D eigenvalue weighted by Crippen LogP contribution is -2.37. The average Bonchev–Trinajstić information content (AvgIpc) is 3.29. The molecule has 1 aliphatic heterocycles. The molecule has 3 heterocycles. The molecule has 2 unspecified atom stereocenters. The van der Waals surface area contributed by atoms with Crippen molar-refractivity contribution < 1.29 is 4.74 Å². The molecule has 0 spiro atoms. The van der Waals surface area contributed by atoms with Crippen LogP contribution >= 0.6 is 0 Å². The van der Waals surface area contributed by atoms with Crippen LogP contribution in [-0.2, 0) is 4.74 Å². The van der Waals surface area contributed by atoms with Crippen LogP contribution in [0.3, 0.4) is 0 Å². The van der Waals surface area contributed by atoms with Gasteiger partial charge in [0.1, 0.15) is 11.9 Å². The number of ether oxygens (including phenoxy) is 1. The zero-order valence-electron chi connectivity index (χ0n) is 13.0. The van der Waals surface area contributed by atoms with E-state index < -0.39 is 0 Å². The summed E-state index contributed by atoms with van der Waals surface area (Å²) in [6.07, 6.45) is 5.71. The van der Waals surface area contributed by atoms with Gasteiger partial charge in [0.2, 0.25) is 0 Å². The summed E-state index contributed by atoms with van der Waals surface area (Å²) in [5.74, 6) is 1.20. The standard InChI is InChI=1S/C16H19N5O2/c1-10-6-17-7-15(18-10)19-13-8-23-9-14(13)21-16(22)5-4-12(20-21)11-2-3-11/h4-7,11,13-14H,2-3,8-9H2,1H3,(H,18,19). The minimum Gasteiger partial charge on any atom is -0.377 e. The van der Waals surface area contributed by atoms with Crippen LogP contribution in [0.25, 0.3) is 0 Å². The maximum atomic E-state index is 12.2. The van der Waals surface area contributed by atoms with Gasteiger partial charge in [0, 0.05) is 18.2 Å². The minimum atomic E-state index is -0.136. The van der Waals surface area contributed by atoms with Crippen LogP contribution in [0.4, 0.5) is 5.82 Å². The van der Waals surface area contributed by atoms with Gasteiger partial charge in [0.15, 0.2) is 0 Å². The van der Waals surface area contributed by atoms with Crippen molar-refractivity contribution in [1.29, 1.82) is 0 Å². The Morgan fingerprint density at radius 1 is 1.26 bits per heavy atom. The SMILES string of the molecule is Cc1cncc(NC2COCC2n2nc(C3CC3)ccc2=O)n1. The number of rotatable bonds is 4. The molecule has 2 fully saturated rings. The second-order valence-electron chi connectivity index (χ2n) is 6.22. The monoisotopic (exact) mass is 313 g/mol. The van der Waals surface area contributed by atoms with Gasteiger partial charge in [-0.15, -0.1) is 0 Å². The molecular formula is C16H19N5O2. The molecule has 0 amide bonds. The number of hydrogen-bond donors (Lipinski definition) is 1. The molecule has 7 heteroatoms. The number of nitrogens with zero attached hydrogens (tertiary/aromatic N) is 4. The van der Waals surface area contributed by atoms with Gasteiger partial charge in [-0.3, -0.25) is 9.78 Å². The van der Waals surface area contributed by atoms with E-state index in [0.29, 0.717) is 24.9 Å². The van der Waals surface area contributed by atoms with E-state index in [1.54, 1.807) is 23.1 Å². The maximum absolute atomic E-state index is 12.2. The summed E-state index contributed by atoms with van der Waals surface area (Å²) < 4.78 is 7.16. The number of anilines is 1. The Balaban J connectivity index is 1.60. The van der Waals surface area contributed by atoms with Crippen molar-refractivity contribution in [2.24, 2.45) is 0 Å². The molecule has 0 bridgehead atoms. The van der Waals surface area contributed by atoms with Crippen molar-refractivity contribution in [2.75, 3.05) is 18.5 Å². The van der Waals surface area contributed by atoms with Crippen molar-refractivity contribution >= 4 is 5.82 Å². The largest absolute Gasteiger partial charge is 0.377 e. The first-order valence-corrected chi connectivity index (χ1v) is 7.93. The molecule has 0 radical (unpaired) electrons. The first-order valence-electron chi connectivity index (χ1n) is 7.93. The van der Waals surface area contributed by atoms with E-state index >= 15 is 0 Å². The molecule has 2 aromatic heterocycles. The maximum Gasteiger partial charge on any atom is 0.267 e. The Hall–Kier alpha value is -2.28. The molecule has 1 saturated heterocycles. The highest BCUT2D eigenvalue weighted by atomic mass is 16.5. The van der Waals surface area contributed by atoms with Crippen molar-refractivity contribution in [3.05, 3.63) is 46.3 Å². The van der Waals surface area contributed by atoms with Crippen LogP contribution in [0.15, 0.2) is 29.3 Å². The lowest BCUT2D eigenvalue weighted by Gasteiger charge is -2.21. The summed E-state index contributed by atoms with van der Waals surface area (Å²) in [5.41, 5.74) is 1.76. The van der Waals surface area contributed by atoms with Crippen LogP contribution in [0, 0.1) is 6.92 Å². The van der Waals surface area contributed by atoms with Crippen molar-refractivity contribution in [3.8, 4) is 0 Å². The third-order valence-corrected chi connectivity index (χ3v) is 4.29. The normalized spacial score (nSPS) is 23.9. The zero-order chi connectivity index (χ0) is 15.8. The van der Waals surface area contributed by atoms with Crippen LogP contribution < -0.4 is 10.9 Å². The van der Waals surface area contributed by atoms with Gasteiger partial charge >= 0.3 is 0 Å². The summed E-state index contributed by atoms with van der Waals surface area (Å²) >= 11 is 0. The van der Waals surface area contributed by atoms with Crippen LogP contribution in [0.5, 0.6) is 0 Å². The summed E-state index contributed by atoms with van der Waals surface area (Å²) in [7, 11) is 0. The predicted molar refractivity (Wildman–Crippen MR) is 84.5 cm³/mol. The second kappa shape index (κ2) is 5.73. The molecular weight excluding hydrogens is 294 g/mol. The summed E-state index contributed by atoms with van der Waals surface area (Å²) in [6.45, 7) is 2.88. The summed E-state index contributed by atoms with van der Waals surface area (Å²) in [5, 5.41) is 7.90.